The fourth-order valence-corrected chi connectivity index (χ4v) is 1.26. The molecular formula is C13H13NO3. The first-order chi connectivity index (χ1) is 8.17. The van der Waals surface area contributed by atoms with Crippen LogP contribution in [0.1, 0.15) is 35.7 Å². The highest BCUT2D eigenvalue weighted by Crippen LogP contribution is 2.07. The summed E-state index contributed by atoms with van der Waals surface area (Å²) in [6.07, 6.45) is 0.443. The second kappa shape index (κ2) is 6.44. The molecule has 1 rings (SSSR count). The monoisotopic (exact) mass is 231 g/mol. The topological polar surface area (TPSA) is 67.2 Å². The lowest BCUT2D eigenvalue weighted by Gasteiger charge is -2.02. The van der Waals surface area contributed by atoms with Crippen molar-refractivity contribution in [3.8, 4) is 6.07 Å². The summed E-state index contributed by atoms with van der Waals surface area (Å²) in [7, 11) is 0. The van der Waals surface area contributed by atoms with Crippen molar-refractivity contribution in [2.75, 3.05) is 6.61 Å². The van der Waals surface area contributed by atoms with Crippen molar-refractivity contribution >= 4 is 11.8 Å². The van der Waals surface area contributed by atoms with E-state index in [9.17, 15) is 9.59 Å². The smallest absolute Gasteiger partial charge is 0.313 e. The van der Waals surface area contributed by atoms with E-state index in [1.165, 1.54) is 6.07 Å². The van der Waals surface area contributed by atoms with Gasteiger partial charge in [-0.1, -0.05) is 19.1 Å². The third-order valence-electron chi connectivity index (χ3n) is 2.09. The van der Waals surface area contributed by atoms with E-state index in [2.05, 4.69) is 0 Å². The molecule has 0 heterocycles. The average Bonchev–Trinajstić information content (AvgIpc) is 2.36. The van der Waals surface area contributed by atoms with Crippen LogP contribution < -0.4 is 0 Å². The summed E-state index contributed by atoms with van der Waals surface area (Å²) in [6.45, 7) is 2.20. The summed E-state index contributed by atoms with van der Waals surface area (Å²) < 4.78 is 4.82. The Labute approximate surface area is 99.8 Å². The zero-order chi connectivity index (χ0) is 12.7. The second-order valence-electron chi connectivity index (χ2n) is 3.51. The van der Waals surface area contributed by atoms with Gasteiger partial charge in [0.25, 0.3) is 0 Å². The summed E-state index contributed by atoms with van der Waals surface area (Å²) in [5.41, 5.74) is 0.760. The minimum Gasteiger partial charge on any atom is -0.465 e. The van der Waals surface area contributed by atoms with Crippen LogP contribution in [-0.4, -0.2) is 18.4 Å². The maximum absolute atomic E-state index is 11.7. The lowest BCUT2D eigenvalue weighted by molar-refractivity contribution is -0.142. The van der Waals surface area contributed by atoms with Gasteiger partial charge >= 0.3 is 5.97 Å². The largest absolute Gasteiger partial charge is 0.465 e. The van der Waals surface area contributed by atoms with E-state index >= 15 is 0 Å². The molecule has 0 aliphatic heterocycles. The average molecular weight is 231 g/mol. The van der Waals surface area contributed by atoms with Crippen molar-refractivity contribution in [3.63, 3.8) is 0 Å². The summed E-state index contributed by atoms with van der Waals surface area (Å²) in [5.74, 6) is -0.859. The molecule has 17 heavy (non-hydrogen) atoms. The summed E-state index contributed by atoms with van der Waals surface area (Å²) in [4.78, 5) is 22.9. The van der Waals surface area contributed by atoms with Crippen molar-refractivity contribution < 1.29 is 14.3 Å². The quantitative estimate of drug-likeness (QED) is 0.442. The first-order valence-electron chi connectivity index (χ1n) is 5.36. The molecule has 4 heteroatoms. The van der Waals surface area contributed by atoms with Crippen LogP contribution in [0.5, 0.6) is 0 Å². The molecule has 0 aliphatic rings. The first-order valence-corrected chi connectivity index (χ1v) is 5.36. The van der Waals surface area contributed by atoms with Crippen LogP contribution in [0.15, 0.2) is 24.3 Å². The van der Waals surface area contributed by atoms with E-state index in [-0.39, 0.29) is 12.2 Å². The van der Waals surface area contributed by atoms with Crippen LogP contribution in [0.3, 0.4) is 0 Å². The lowest BCUT2D eigenvalue weighted by Crippen LogP contribution is -2.12. The molecule has 1 aromatic carbocycles. The van der Waals surface area contributed by atoms with Gasteiger partial charge in [0.1, 0.15) is 6.42 Å². The molecule has 0 aromatic heterocycles. The highest BCUT2D eigenvalue weighted by Gasteiger charge is 2.12. The Hall–Kier alpha value is -2.15. The molecule has 0 radical (unpaired) electrons. The number of hydrogen-bond acceptors (Lipinski definition) is 4. The van der Waals surface area contributed by atoms with E-state index in [4.69, 9.17) is 10.00 Å². The van der Waals surface area contributed by atoms with Gasteiger partial charge < -0.3 is 4.74 Å². The minimum absolute atomic E-state index is 0.283. The van der Waals surface area contributed by atoms with E-state index in [1.54, 1.807) is 18.2 Å². The predicted molar refractivity (Wildman–Crippen MR) is 61.4 cm³/mol. The van der Waals surface area contributed by atoms with Crippen molar-refractivity contribution in [1.82, 2.24) is 0 Å². The van der Waals surface area contributed by atoms with Crippen LogP contribution in [0, 0.1) is 11.3 Å². The number of rotatable bonds is 5. The molecule has 0 saturated heterocycles. The number of Topliss-reactive ketones (excluding diaryl/α,β-unsaturated/α-hetero) is 1. The maximum atomic E-state index is 11.7. The van der Waals surface area contributed by atoms with E-state index in [0.717, 1.165) is 6.42 Å². The highest BCUT2D eigenvalue weighted by molar-refractivity contribution is 6.06. The third kappa shape index (κ3) is 4.07. The number of esters is 1. The Bertz CT molecular complexity index is 460. The van der Waals surface area contributed by atoms with E-state index in [0.29, 0.717) is 17.7 Å². The number of nitrogens with zero attached hydrogens (tertiary/aromatic N) is 1. The molecular weight excluding hydrogens is 218 g/mol. The standard InChI is InChI=1S/C13H13NO3/c1-2-6-17-13(16)8-12(15)11-5-3-4-10(7-11)9-14/h3-5,7H,2,6,8H2,1H3. The van der Waals surface area contributed by atoms with E-state index in [1.807, 2.05) is 13.0 Å². The molecule has 0 fully saturated rings. The third-order valence-corrected chi connectivity index (χ3v) is 2.09. The second-order valence-corrected chi connectivity index (χ2v) is 3.51. The minimum atomic E-state index is -0.529. The number of ether oxygens (including phenoxy) is 1. The van der Waals surface area contributed by atoms with Crippen LogP contribution in [0.2, 0.25) is 0 Å². The Kier molecular flexibility index (Phi) is 4.89. The molecule has 0 amide bonds. The number of carbonyl (C=O) groups is 2. The van der Waals surface area contributed by atoms with Gasteiger partial charge in [-0.3, -0.25) is 9.59 Å². The Morgan fingerprint density at radius 3 is 2.82 bits per heavy atom. The van der Waals surface area contributed by atoms with Crippen LogP contribution in [0.25, 0.3) is 0 Å². The molecule has 0 atom stereocenters. The predicted octanol–water partition coefficient (Wildman–Crippen LogP) is 2.08. The number of hydrogen-bond donors (Lipinski definition) is 0. The number of nitriles is 1. The van der Waals surface area contributed by atoms with Gasteiger partial charge in [0.2, 0.25) is 0 Å². The fourth-order valence-electron chi connectivity index (χ4n) is 1.26. The molecule has 4 nitrogen and oxygen atoms in total. The SMILES string of the molecule is CCCOC(=O)CC(=O)c1cccc(C#N)c1. The van der Waals surface area contributed by atoms with Crippen molar-refractivity contribution in [3.05, 3.63) is 35.4 Å². The number of benzene rings is 1. The van der Waals surface area contributed by atoms with Crippen LogP contribution in [0.4, 0.5) is 0 Å². The first kappa shape index (κ1) is 12.9. The molecule has 1 aromatic rings. The molecule has 0 unspecified atom stereocenters. The molecule has 0 aliphatic carbocycles. The zero-order valence-corrected chi connectivity index (χ0v) is 9.60. The highest BCUT2D eigenvalue weighted by atomic mass is 16.5. The van der Waals surface area contributed by atoms with Gasteiger partial charge in [-0.05, 0) is 18.6 Å². The summed E-state index contributed by atoms with van der Waals surface area (Å²) in [6, 6.07) is 8.21. The fraction of sp³-hybridized carbons (Fsp3) is 0.308. The normalized spacial score (nSPS) is 9.41. The lowest BCUT2D eigenvalue weighted by atomic mass is 10.1. The number of ketones is 1. The van der Waals surface area contributed by atoms with Crippen molar-refractivity contribution in [2.24, 2.45) is 0 Å². The van der Waals surface area contributed by atoms with Crippen LogP contribution in [-0.2, 0) is 9.53 Å². The van der Waals surface area contributed by atoms with Gasteiger partial charge in [0.05, 0.1) is 18.2 Å². The van der Waals surface area contributed by atoms with Gasteiger partial charge in [0.15, 0.2) is 5.78 Å². The molecule has 0 saturated carbocycles. The Balaban J connectivity index is 2.64. The van der Waals surface area contributed by atoms with Crippen molar-refractivity contribution in [1.29, 1.82) is 5.26 Å². The van der Waals surface area contributed by atoms with Gasteiger partial charge in [0, 0.05) is 5.56 Å². The van der Waals surface area contributed by atoms with E-state index < -0.39 is 5.97 Å². The Morgan fingerprint density at radius 2 is 2.18 bits per heavy atom. The molecule has 88 valence electrons. The zero-order valence-electron chi connectivity index (χ0n) is 9.60. The summed E-state index contributed by atoms with van der Waals surface area (Å²) >= 11 is 0. The maximum Gasteiger partial charge on any atom is 0.313 e. The van der Waals surface area contributed by atoms with Crippen LogP contribution >= 0.6 is 0 Å². The summed E-state index contributed by atoms with van der Waals surface area (Å²) in [5, 5.41) is 8.69. The molecule has 0 N–H and O–H groups in total. The van der Waals surface area contributed by atoms with Gasteiger partial charge in [-0.25, -0.2) is 0 Å². The molecule has 0 spiro atoms. The van der Waals surface area contributed by atoms with Gasteiger partial charge in [-0.15, -0.1) is 0 Å². The number of carbonyl (C=O) groups excluding carboxylic acids is 2. The van der Waals surface area contributed by atoms with Crippen molar-refractivity contribution in [2.45, 2.75) is 19.8 Å². The van der Waals surface area contributed by atoms with Gasteiger partial charge in [-0.2, -0.15) is 5.26 Å². The Morgan fingerprint density at radius 1 is 1.41 bits per heavy atom. The molecule has 0 bridgehead atoms.